The molecular weight excluding hydrogens is 260 g/mol. The summed E-state index contributed by atoms with van der Waals surface area (Å²) in [4.78, 5) is 0. The fourth-order valence-corrected chi connectivity index (χ4v) is 5.62. The molecule has 2 heteroatoms. The van der Waals surface area contributed by atoms with Crippen LogP contribution in [0.25, 0.3) is 0 Å². The smallest absolute Gasteiger partial charge is 0.105 e. The van der Waals surface area contributed by atoms with Crippen molar-refractivity contribution in [1.29, 1.82) is 0 Å². The second-order valence-corrected chi connectivity index (χ2v) is 8.13. The van der Waals surface area contributed by atoms with Crippen LogP contribution in [-0.2, 0) is 4.74 Å². The van der Waals surface area contributed by atoms with Crippen LogP contribution in [0.15, 0.2) is 30.3 Å². The number of ether oxygens (including phenoxy) is 1. The Balaban J connectivity index is 1.58. The van der Waals surface area contributed by atoms with Gasteiger partial charge in [-0.25, -0.2) is 0 Å². The van der Waals surface area contributed by atoms with Gasteiger partial charge in [-0.3, -0.25) is 0 Å². The van der Waals surface area contributed by atoms with Crippen LogP contribution in [-0.4, -0.2) is 17.3 Å². The highest BCUT2D eigenvalue weighted by molar-refractivity contribution is 5.22. The van der Waals surface area contributed by atoms with Crippen molar-refractivity contribution in [3.8, 4) is 0 Å². The Hall–Kier alpha value is -0.860. The standard InChI is InChI=1S/C19H26O2/c1-18(2)14-9-10-19(18,3)17-13(14)11-15(21-17)16(20)12-7-5-4-6-8-12/h4-8,13-17,20H,9-11H2,1-3H3/t13-,14-,15-,16+,17-,19+/m1/s1. The largest absolute Gasteiger partial charge is 0.386 e. The van der Waals surface area contributed by atoms with Crippen LogP contribution in [0.4, 0.5) is 0 Å². The lowest BCUT2D eigenvalue weighted by Gasteiger charge is -2.39. The third-order valence-corrected chi connectivity index (χ3v) is 7.23. The molecule has 6 atom stereocenters. The second kappa shape index (κ2) is 4.33. The van der Waals surface area contributed by atoms with Gasteiger partial charge in [-0.1, -0.05) is 51.1 Å². The van der Waals surface area contributed by atoms with E-state index in [0.717, 1.165) is 17.9 Å². The Kier molecular flexibility index (Phi) is 2.84. The Morgan fingerprint density at radius 2 is 1.90 bits per heavy atom. The lowest BCUT2D eigenvalue weighted by molar-refractivity contribution is -0.0918. The Morgan fingerprint density at radius 1 is 1.19 bits per heavy atom. The van der Waals surface area contributed by atoms with Gasteiger partial charge in [-0.05, 0) is 47.5 Å². The zero-order valence-corrected chi connectivity index (χ0v) is 13.3. The minimum absolute atomic E-state index is 0.0292. The zero-order chi connectivity index (χ0) is 14.8. The number of hydrogen-bond donors (Lipinski definition) is 1. The molecule has 2 bridgehead atoms. The first-order valence-corrected chi connectivity index (χ1v) is 8.33. The van der Waals surface area contributed by atoms with E-state index < -0.39 is 6.10 Å². The Labute approximate surface area is 127 Å². The van der Waals surface area contributed by atoms with Crippen LogP contribution in [0, 0.1) is 22.7 Å². The number of benzene rings is 1. The van der Waals surface area contributed by atoms with Crippen molar-refractivity contribution in [3.05, 3.63) is 35.9 Å². The number of aliphatic hydroxyl groups excluding tert-OH is 1. The number of aliphatic hydroxyl groups is 1. The van der Waals surface area contributed by atoms with Crippen molar-refractivity contribution in [2.24, 2.45) is 22.7 Å². The predicted molar refractivity (Wildman–Crippen MR) is 82.8 cm³/mol. The van der Waals surface area contributed by atoms with Crippen molar-refractivity contribution < 1.29 is 9.84 Å². The van der Waals surface area contributed by atoms with Crippen molar-refractivity contribution in [3.63, 3.8) is 0 Å². The summed E-state index contributed by atoms with van der Waals surface area (Å²) >= 11 is 0. The first kappa shape index (κ1) is 13.8. The molecule has 0 spiro atoms. The molecule has 1 N–H and O–H groups in total. The van der Waals surface area contributed by atoms with Crippen molar-refractivity contribution in [2.75, 3.05) is 0 Å². The van der Waals surface area contributed by atoms with E-state index in [1.165, 1.54) is 12.8 Å². The zero-order valence-electron chi connectivity index (χ0n) is 13.3. The average Bonchev–Trinajstić information content (AvgIpc) is 3.05. The predicted octanol–water partition coefficient (Wildman–Crippen LogP) is 3.95. The van der Waals surface area contributed by atoms with Crippen LogP contribution >= 0.6 is 0 Å². The topological polar surface area (TPSA) is 29.5 Å². The minimum Gasteiger partial charge on any atom is -0.386 e. The summed E-state index contributed by atoms with van der Waals surface area (Å²) in [6, 6.07) is 9.97. The summed E-state index contributed by atoms with van der Waals surface area (Å²) in [6.07, 6.45) is 3.46. The maximum Gasteiger partial charge on any atom is 0.105 e. The van der Waals surface area contributed by atoms with Gasteiger partial charge in [0.2, 0.25) is 0 Å². The summed E-state index contributed by atoms with van der Waals surface area (Å²) in [6.45, 7) is 7.26. The molecule has 3 fully saturated rings. The fourth-order valence-electron chi connectivity index (χ4n) is 5.62. The van der Waals surface area contributed by atoms with Gasteiger partial charge in [0.05, 0.1) is 12.2 Å². The molecule has 1 aromatic carbocycles. The summed E-state index contributed by atoms with van der Waals surface area (Å²) in [5.74, 6) is 1.41. The molecule has 0 amide bonds. The monoisotopic (exact) mass is 286 g/mol. The first-order chi connectivity index (χ1) is 9.95. The van der Waals surface area contributed by atoms with E-state index in [9.17, 15) is 5.11 Å². The minimum atomic E-state index is -0.483. The molecule has 1 aromatic rings. The molecule has 0 unspecified atom stereocenters. The van der Waals surface area contributed by atoms with Crippen LogP contribution < -0.4 is 0 Å². The highest BCUT2D eigenvalue weighted by atomic mass is 16.5. The van der Waals surface area contributed by atoms with Gasteiger partial charge < -0.3 is 9.84 Å². The lowest BCUT2D eigenvalue weighted by atomic mass is 9.70. The number of hydrogen-bond acceptors (Lipinski definition) is 2. The molecule has 114 valence electrons. The second-order valence-electron chi connectivity index (χ2n) is 8.13. The van der Waals surface area contributed by atoms with Gasteiger partial charge in [0.1, 0.15) is 6.10 Å². The lowest BCUT2D eigenvalue weighted by Crippen LogP contribution is -2.38. The molecule has 4 rings (SSSR count). The van der Waals surface area contributed by atoms with Gasteiger partial charge in [0.15, 0.2) is 0 Å². The quantitative estimate of drug-likeness (QED) is 0.892. The molecule has 1 heterocycles. The average molecular weight is 286 g/mol. The maximum atomic E-state index is 10.7. The molecule has 2 saturated carbocycles. The van der Waals surface area contributed by atoms with E-state index in [2.05, 4.69) is 20.8 Å². The highest BCUT2D eigenvalue weighted by Crippen LogP contribution is 2.71. The molecule has 0 aromatic heterocycles. The van der Waals surface area contributed by atoms with E-state index >= 15 is 0 Å². The molecule has 2 aliphatic carbocycles. The molecule has 2 nitrogen and oxygen atoms in total. The van der Waals surface area contributed by atoms with E-state index in [0.29, 0.717) is 17.4 Å². The van der Waals surface area contributed by atoms with Crippen molar-refractivity contribution in [1.82, 2.24) is 0 Å². The highest BCUT2D eigenvalue weighted by Gasteiger charge is 2.69. The normalized spacial score (nSPS) is 44.8. The van der Waals surface area contributed by atoms with Crippen LogP contribution in [0.5, 0.6) is 0 Å². The third kappa shape index (κ3) is 1.66. The summed E-state index contributed by atoms with van der Waals surface area (Å²) in [5.41, 5.74) is 1.65. The van der Waals surface area contributed by atoms with Crippen LogP contribution in [0.2, 0.25) is 0 Å². The summed E-state index contributed by atoms with van der Waals surface area (Å²) < 4.78 is 6.42. The molecule has 21 heavy (non-hydrogen) atoms. The number of fused-ring (bicyclic) bond motifs is 5. The van der Waals surface area contributed by atoms with Gasteiger partial charge in [0, 0.05) is 0 Å². The molecule has 1 saturated heterocycles. The van der Waals surface area contributed by atoms with Gasteiger partial charge in [-0.2, -0.15) is 0 Å². The SMILES string of the molecule is CC1(C)[C@@H]2CC[C@@]1(C)[C@@H]1O[C@@H]([C@@H](O)c3ccccc3)C[C@H]21. The fraction of sp³-hybridized carbons (Fsp3) is 0.684. The van der Waals surface area contributed by atoms with Gasteiger partial charge >= 0.3 is 0 Å². The first-order valence-electron chi connectivity index (χ1n) is 8.33. The summed E-state index contributed by atoms with van der Waals surface area (Å²) in [5, 5.41) is 10.7. The van der Waals surface area contributed by atoms with Crippen molar-refractivity contribution >= 4 is 0 Å². The molecular formula is C19H26O2. The Morgan fingerprint density at radius 3 is 2.57 bits per heavy atom. The van der Waals surface area contributed by atoms with Gasteiger partial charge in [-0.15, -0.1) is 0 Å². The van der Waals surface area contributed by atoms with E-state index in [4.69, 9.17) is 4.74 Å². The van der Waals surface area contributed by atoms with E-state index in [1.807, 2.05) is 30.3 Å². The third-order valence-electron chi connectivity index (χ3n) is 7.23. The van der Waals surface area contributed by atoms with E-state index in [1.54, 1.807) is 0 Å². The van der Waals surface area contributed by atoms with E-state index in [-0.39, 0.29) is 11.5 Å². The van der Waals surface area contributed by atoms with Crippen LogP contribution in [0.3, 0.4) is 0 Å². The Bertz CT molecular complexity index is 538. The van der Waals surface area contributed by atoms with Crippen LogP contribution in [0.1, 0.15) is 51.7 Å². The number of rotatable bonds is 2. The molecule has 1 aliphatic heterocycles. The molecule has 0 radical (unpaired) electrons. The molecule has 3 aliphatic rings. The van der Waals surface area contributed by atoms with Crippen molar-refractivity contribution in [2.45, 2.75) is 58.3 Å². The summed E-state index contributed by atoms with van der Waals surface area (Å²) in [7, 11) is 0. The maximum absolute atomic E-state index is 10.7. The van der Waals surface area contributed by atoms with Gasteiger partial charge in [0.25, 0.3) is 0 Å².